The van der Waals surface area contributed by atoms with E-state index in [0.717, 1.165) is 46.2 Å². The summed E-state index contributed by atoms with van der Waals surface area (Å²) in [5.41, 5.74) is 16.8. The number of amides is 4. The number of hydrogen-bond acceptors (Lipinski definition) is 9. The lowest BCUT2D eigenvalue weighted by Crippen LogP contribution is -2.46. The summed E-state index contributed by atoms with van der Waals surface area (Å²) < 4.78 is 52.5. The van der Waals surface area contributed by atoms with Crippen molar-refractivity contribution in [2.75, 3.05) is 33.7 Å². The predicted molar refractivity (Wildman–Crippen MR) is 166 cm³/mol. The Hall–Kier alpha value is -5.69. The number of nitrogens with zero attached hydrogens (tertiary/aromatic N) is 8. The van der Waals surface area contributed by atoms with Crippen molar-refractivity contribution in [3.63, 3.8) is 0 Å². The minimum atomic E-state index is -4.25. The maximum atomic E-state index is 12.6. The van der Waals surface area contributed by atoms with Crippen LogP contribution in [0.25, 0.3) is 20.9 Å². The quantitative estimate of drug-likeness (QED) is 0.0918. The minimum Gasteiger partial charge on any atom is -0.480 e. The number of carboxylic acids is 1. The van der Waals surface area contributed by atoms with E-state index in [2.05, 4.69) is 29.5 Å². The lowest BCUT2D eigenvalue weighted by molar-refractivity contribution is -0.142. The Bertz CT molecular complexity index is 1860. The molecule has 2 rings (SSSR count). The van der Waals surface area contributed by atoms with Crippen molar-refractivity contribution in [1.29, 1.82) is 0 Å². The molecule has 0 radical (unpaired) electrons. The van der Waals surface area contributed by atoms with Crippen LogP contribution in [-0.2, 0) is 34.4 Å². The molecule has 0 aliphatic heterocycles. The fourth-order valence-electron chi connectivity index (χ4n) is 4.00. The fraction of sp³-hybridized carbons (Fsp3) is 0.346. The smallest absolute Gasteiger partial charge is 0.326 e. The molecule has 2 aromatic carbocycles. The van der Waals surface area contributed by atoms with Gasteiger partial charge in [0.1, 0.15) is 6.04 Å². The minimum absolute atomic E-state index is 0.000494. The SMILES string of the molecule is CN(CC(=O)NCCCCC(NC(=O)CN(C)C(=O)c1ccc(S(=O)(=O)N=[N+]=[N-])cc1)C(=O)O)C(=O)c1ccc(S(=O)(=O)N=[N+]=[N-])cc1. The summed E-state index contributed by atoms with van der Waals surface area (Å²) in [6.07, 6.45) is 0.602. The van der Waals surface area contributed by atoms with Gasteiger partial charge in [-0.25, -0.2) is 21.6 Å². The molecular weight excluding hydrogens is 676 g/mol. The summed E-state index contributed by atoms with van der Waals surface area (Å²) in [4.78, 5) is 67.6. The van der Waals surface area contributed by atoms with Crippen molar-refractivity contribution < 1.29 is 45.9 Å². The molecule has 0 bridgehead atoms. The summed E-state index contributed by atoms with van der Waals surface area (Å²) >= 11 is 0. The van der Waals surface area contributed by atoms with E-state index in [1.54, 1.807) is 0 Å². The average molecular weight is 707 g/mol. The van der Waals surface area contributed by atoms with Crippen LogP contribution in [0.5, 0.6) is 0 Å². The number of nitrogens with one attached hydrogen (secondary N) is 2. The van der Waals surface area contributed by atoms with E-state index < -0.39 is 62.2 Å². The summed E-state index contributed by atoms with van der Waals surface area (Å²) in [7, 11) is -5.83. The van der Waals surface area contributed by atoms with Crippen LogP contribution >= 0.6 is 0 Å². The molecule has 0 spiro atoms. The zero-order chi connectivity index (χ0) is 36.1. The highest BCUT2D eigenvalue weighted by Crippen LogP contribution is 2.16. The average Bonchev–Trinajstić information content (AvgIpc) is 3.03. The van der Waals surface area contributed by atoms with Crippen molar-refractivity contribution in [3.05, 3.63) is 80.5 Å². The lowest BCUT2D eigenvalue weighted by Gasteiger charge is -2.20. The number of aliphatic carboxylic acids is 1. The van der Waals surface area contributed by atoms with Crippen molar-refractivity contribution in [1.82, 2.24) is 20.4 Å². The Kier molecular flexibility index (Phi) is 13.9. The molecule has 20 nitrogen and oxygen atoms in total. The summed E-state index contributed by atoms with van der Waals surface area (Å²) in [5.74, 6) is -3.85. The molecule has 0 heterocycles. The molecule has 0 saturated heterocycles. The van der Waals surface area contributed by atoms with Gasteiger partial charge in [0.2, 0.25) is 11.8 Å². The molecule has 2 aromatic rings. The third-order valence-electron chi connectivity index (χ3n) is 6.42. The molecule has 256 valence electrons. The molecule has 1 atom stereocenters. The Morgan fingerprint density at radius 1 is 0.750 bits per heavy atom. The van der Waals surface area contributed by atoms with Gasteiger partial charge in [-0.2, -0.15) is 0 Å². The van der Waals surface area contributed by atoms with Crippen LogP contribution in [0.4, 0.5) is 0 Å². The molecule has 3 N–H and O–H groups in total. The monoisotopic (exact) mass is 706 g/mol. The van der Waals surface area contributed by atoms with E-state index in [-0.39, 0.29) is 46.8 Å². The Morgan fingerprint density at radius 3 is 1.56 bits per heavy atom. The van der Waals surface area contributed by atoms with Gasteiger partial charge in [-0.15, -0.1) is 0 Å². The zero-order valence-corrected chi connectivity index (χ0v) is 27.1. The largest absolute Gasteiger partial charge is 0.480 e. The van der Waals surface area contributed by atoms with E-state index in [1.807, 2.05) is 0 Å². The maximum Gasteiger partial charge on any atom is 0.326 e. The first kappa shape index (κ1) is 38.5. The molecule has 0 fully saturated rings. The van der Waals surface area contributed by atoms with Gasteiger partial charge in [0.25, 0.3) is 31.9 Å². The second-order valence-corrected chi connectivity index (χ2v) is 13.1. The van der Waals surface area contributed by atoms with Crippen LogP contribution in [0.2, 0.25) is 0 Å². The van der Waals surface area contributed by atoms with Crippen LogP contribution in [0.3, 0.4) is 0 Å². The van der Waals surface area contributed by atoms with Crippen molar-refractivity contribution >= 4 is 49.6 Å². The Morgan fingerprint density at radius 2 is 1.17 bits per heavy atom. The number of rotatable bonds is 17. The standard InChI is InChI=1S/C26H30N10O10S2/c1-35(24(39)17-6-10-19(11-7-17)47(43,44)33-31-27)15-22(37)29-14-4-3-5-21(26(41)42)30-23(38)16-36(2)25(40)18-8-12-20(13-9-18)48(45,46)34-32-28/h6-13,21H,3-5,14-16H2,1-2H3,(H,29,37)(H,30,38)(H,41,42). The molecule has 0 aliphatic rings. The summed E-state index contributed by atoms with van der Waals surface area (Å²) in [6, 6.07) is 7.73. The van der Waals surface area contributed by atoms with Gasteiger partial charge in [0.15, 0.2) is 0 Å². The molecule has 0 saturated carbocycles. The molecule has 1 unspecified atom stereocenters. The van der Waals surface area contributed by atoms with E-state index in [1.165, 1.54) is 26.2 Å². The van der Waals surface area contributed by atoms with E-state index >= 15 is 0 Å². The number of sulfonamides is 2. The molecule has 22 heteroatoms. The first-order valence-electron chi connectivity index (χ1n) is 13.6. The van der Waals surface area contributed by atoms with Crippen LogP contribution in [-0.4, -0.2) is 101 Å². The van der Waals surface area contributed by atoms with Gasteiger partial charge in [-0.05, 0) is 78.9 Å². The Labute approximate surface area is 274 Å². The second-order valence-electron chi connectivity index (χ2n) is 9.97. The Balaban J connectivity index is 1.79. The van der Waals surface area contributed by atoms with Gasteiger partial charge in [-0.3, -0.25) is 19.2 Å². The first-order chi connectivity index (χ1) is 22.5. The molecule has 0 aromatic heterocycles. The summed E-state index contributed by atoms with van der Waals surface area (Å²) in [5, 5.41) is 14.4. The second kappa shape index (κ2) is 17.3. The fourth-order valence-corrected chi connectivity index (χ4v) is 5.34. The summed E-state index contributed by atoms with van der Waals surface area (Å²) in [6.45, 7) is -0.716. The van der Waals surface area contributed by atoms with Gasteiger partial charge < -0.3 is 25.5 Å². The van der Waals surface area contributed by atoms with Crippen molar-refractivity contribution in [3.8, 4) is 0 Å². The van der Waals surface area contributed by atoms with Crippen LogP contribution in [0.1, 0.15) is 40.0 Å². The lowest BCUT2D eigenvalue weighted by atomic mass is 10.1. The van der Waals surface area contributed by atoms with Crippen LogP contribution in [0.15, 0.2) is 67.4 Å². The number of carboxylic acid groups (broad SMARTS) is 1. The topological polar surface area (TPSA) is 302 Å². The third-order valence-corrected chi connectivity index (χ3v) is 8.73. The van der Waals surface area contributed by atoms with Gasteiger partial charge in [-0.1, -0.05) is 0 Å². The van der Waals surface area contributed by atoms with E-state index in [9.17, 15) is 45.9 Å². The van der Waals surface area contributed by atoms with E-state index in [4.69, 9.17) is 11.1 Å². The highest BCUT2D eigenvalue weighted by atomic mass is 32.2. The van der Waals surface area contributed by atoms with Gasteiger partial charge in [0.05, 0.1) is 22.9 Å². The highest BCUT2D eigenvalue weighted by molar-refractivity contribution is 7.90. The number of azide groups is 2. The van der Waals surface area contributed by atoms with Crippen LogP contribution in [0, 0.1) is 0 Å². The van der Waals surface area contributed by atoms with Gasteiger partial charge >= 0.3 is 5.97 Å². The molecular formula is C26H30N10O10S2. The number of likely N-dealkylation sites (N-methyl/N-ethyl adjacent to an activating group) is 2. The molecule has 48 heavy (non-hydrogen) atoms. The molecule has 0 aliphatic carbocycles. The maximum absolute atomic E-state index is 12.6. The number of carbonyl (C=O) groups is 5. The first-order valence-corrected chi connectivity index (χ1v) is 16.5. The number of unbranched alkanes of at least 4 members (excludes halogenated alkanes) is 1. The van der Waals surface area contributed by atoms with Crippen LogP contribution < -0.4 is 10.6 Å². The molecule has 4 amide bonds. The van der Waals surface area contributed by atoms with Gasteiger partial charge in [0, 0.05) is 50.6 Å². The van der Waals surface area contributed by atoms with E-state index in [0.29, 0.717) is 6.42 Å². The highest BCUT2D eigenvalue weighted by Gasteiger charge is 2.23. The number of hydrogen-bond donors (Lipinski definition) is 3. The third kappa shape index (κ3) is 11.3. The number of carbonyl (C=O) groups excluding carboxylic acids is 4. The predicted octanol–water partition coefficient (Wildman–Crippen LogP) is 1.38. The van der Waals surface area contributed by atoms with Crippen molar-refractivity contribution in [2.45, 2.75) is 35.1 Å². The number of benzene rings is 2. The normalized spacial score (nSPS) is 11.5. The van der Waals surface area contributed by atoms with Crippen molar-refractivity contribution in [2.24, 2.45) is 9.04 Å². The zero-order valence-electron chi connectivity index (χ0n) is 25.5.